The molecule has 0 radical (unpaired) electrons. The van der Waals surface area contributed by atoms with Crippen LogP contribution in [0.25, 0.3) is 0 Å². The van der Waals surface area contributed by atoms with Crippen LogP contribution in [0.1, 0.15) is 44.9 Å². The van der Waals surface area contributed by atoms with Crippen LogP contribution < -0.4 is 5.73 Å². The van der Waals surface area contributed by atoms with Gasteiger partial charge in [0.05, 0.1) is 11.7 Å². The van der Waals surface area contributed by atoms with Crippen LogP contribution in [0, 0.1) is 5.92 Å². The van der Waals surface area contributed by atoms with Crippen LogP contribution in [0.5, 0.6) is 0 Å². The maximum atomic E-state index is 10.4. The highest BCUT2D eigenvalue weighted by atomic mass is 16.3. The molecular weight excluding hydrogens is 178 g/mol. The number of hydrogen-bond donors (Lipinski definition) is 3. The summed E-state index contributed by atoms with van der Waals surface area (Å²) in [5.74, 6) is 0.374. The Morgan fingerprint density at radius 2 is 1.71 bits per heavy atom. The van der Waals surface area contributed by atoms with Gasteiger partial charge >= 0.3 is 0 Å². The van der Waals surface area contributed by atoms with Crippen LogP contribution in [0.2, 0.25) is 0 Å². The average molecular weight is 199 g/mol. The summed E-state index contributed by atoms with van der Waals surface area (Å²) < 4.78 is 0. The SMILES string of the molecule is NC1CCC(C2(O)CCC(O)C2)CC1. The molecule has 2 unspecified atom stereocenters. The van der Waals surface area contributed by atoms with E-state index in [1.165, 1.54) is 0 Å². The summed E-state index contributed by atoms with van der Waals surface area (Å²) in [4.78, 5) is 0. The monoisotopic (exact) mass is 199 g/mol. The second kappa shape index (κ2) is 3.80. The number of aliphatic hydroxyl groups excluding tert-OH is 1. The molecule has 0 spiro atoms. The maximum absolute atomic E-state index is 10.4. The van der Waals surface area contributed by atoms with E-state index in [2.05, 4.69) is 0 Å². The zero-order valence-electron chi connectivity index (χ0n) is 8.65. The minimum absolute atomic E-state index is 0.282. The van der Waals surface area contributed by atoms with Crippen molar-refractivity contribution < 1.29 is 10.2 Å². The Morgan fingerprint density at radius 3 is 2.21 bits per heavy atom. The van der Waals surface area contributed by atoms with Crippen molar-refractivity contribution in [3.8, 4) is 0 Å². The molecule has 14 heavy (non-hydrogen) atoms. The molecule has 0 saturated heterocycles. The van der Waals surface area contributed by atoms with Gasteiger partial charge in [0.1, 0.15) is 0 Å². The minimum atomic E-state index is -0.584. The van der Waals surface area contributed by atoms with E-state index in [9.17, 15) is 10.2 Å². The molecule has 3 nitrogen and oxygen atoms in total. The van der Waals surface area contributed by atoms with Gasteiger partial charge in [-0.1, -0.05) is 0 Å². The Hall–Kier alpha value is -0.120. The van der Waals surface area contributed by atoms with Crippen molar-refractivity contribution in [2.24, 2.45) is 11.7 Å². The van der Waals surface area contributed by atoms with E-state index < -0.39 is 5.60 Å². The van der Waals surface area contributed by atoms with E-state index in [1.54, 1.807) is 0 Å². The maximum Gasteiger partial charge on any atom is 0.0701 e. The van der Waals surface area contributed by atoms with Crippen LogP contribution in [0.3, 0.4) is 0 Å². The fourth-order valence-electron chi connectivity index (χ4n) is 3.06. The van der Waals surface area contributed by atoms with Gasteiger partial charge in [0.15, 0.2) is 0 Å². The highest BCUT2D eigenvalue weighted by Gasteiger charge is 2.43. The molecule has 0 aromatic heterocycles. The standard InChI is InChI=1S/C11H21NO2/c12-9-3-1-8(2-4-9)11(14)6-5-10(13)7-11/h8-10,13-14H,1-7,12H2. The summed E-state index contributed by atoms with van der Waals surface area (Å²) >= 11 is 0. The molecule has 2 fully saturated rings. The quantitative estimate of drug-likeness (QED) is 0.584. The lowest BCUT2D eigenvalue weighted by Crippen LogP contribution is -2.40. The average Bonchev–Trinajstić information content (AvgIpc) is 2.48. The third-order valence-electron chi connectivity index (χ3n) is 4.03. The molecule has 2 aliphatic rings. The van der Waals surface area contributed by atoms with Crippen molar-refractivity contribution >= 4 is 0 Å². The van der Waals surface area contributed by atoms with Crippen molar-refractivity contribution in [2.75, 3.05) is 0 Å². The summed E-state index contributed by atoms with van der Waals surface area (Å²) in [6.07, 6.45) is 5.96. The van der Waals surface area contributed by atoms with Gasteiger partial charge in [-0.15, -0.1) is 0 Å². The highest BCUT2D eigenvalue weighted by Crippen LogP contribution is 2.42. The lowest BCUT2D eigenvalue weighted by atomic mass is 9.75. The van der Waals surface area contributed by atoms with Crippen molar-refractivity contribution in [2.45, 2.75) is 62.7 Å². The molecule has 4 N–H and O–H groups in total. The van der Waals surface area contributed by atoms with Gasteiger partial charge in [-0.05, 0) is 44.4 Å². The Morgan fingerprint density at radius 1 is 1.07 bits per heavy atom. The number of nitrogens with two attached hydrogens (primary N) is 1. The minimum Gasteiger partial charge on any atom is -0.393 e. The Kier molecular flexibility index (Phi) is 2.82. The lowest BCUT2D eigenvalue weighted by Gasteiger charge is -2.37. The molecule has 0 amide bonds. The van der Waals surface area contributed by atoms with Crippen LogP contribution >= 0.6 is 0 Å². The first-order valence-corrected chi connectivity index (χ1v) is 5.76. The topological polar surface area (TPSA) is 66.5 Å². The molecular formula is C11H21NO2. The molecule has 3 heteroatoms. The van der Waals surface area contributed by atoms with Gasteiger partial charge in [-0.25, -0.2) is 0 Å². The summed E-state index contributed by atoms with van der Waals surface area (Å²) in [5.41, 5.74) is 5.25. The van der Waals surface area contributed by atoms with Crippen LogP contribution in [0.15, 0.2) is 0 Å². The molecule has 2 aliphatic carbocycles. The van der Waals surface area contributed by atoms with Gasteiger partial charge in [0.25, 0.3) is 0 Å². The first kappa shape index (κ1) is 10.4. The fourth-order valence-corrected chi connectivity index (χ4v) is 3.06. The molecule has 0 aliphatic heterocycles. The third-order valence-corrected chi connectivity index (χ3v) is 4.03. The van der Waals surface area contributed by atoms with E-state index in [0.717, 1.165) is 38.5 Å². The number of aliphatic hydroxyl groups is 2. The van der Waals surface area contributed by atoms with Crippen molar-refractivity contribution in [3.63, 3.8) is 0 Å². The van der Waals surface area contributed by atoms with Crippen molar-refractivity contribution in [3.05, 3.63) is 0 Å². The first-order valence-electron chi connectivity index (χ1n) is 5.76. The Bertz CT molecular complexity index is 201. The van der Waals surface area contributed by atoms with Crippen molar-refractivity contribution in [1.82, 2.24) is 0 Å². The zero-order valence-corrected chi connectivity index (χ0v) is 8.65. The molecule has 2 rings (SSSR count). The van der Waals surface area contributed by atoms with Gasteiger partial charge in [-0.2, -0.15) is 0 Å². The second-order valence-electron chi connectivity index (χ2n) is 5.11. The Balaban J connectivity index is 1.94. The highest BCUT2D eigenvalue weighted by molar-refractivity contribution is 4.96. The fraction of sp³-hybridized carbons (Fsp3) is 1.00. The molecule has 0 aromatic rings. The van der Waals surface area contributed by atoms with Gasteiger partial charge < -0.3 is 15.9 Å². The molecule has 2 saturated carbocycles. The normalized spacial score (nSPS) is 49.5. The summed E-state index contributed by atoms with van der Waals surface area (Å²) in [6, 6.07) is 0.334. The van der Waals surface area contributed by atoms with Crippen molar-refractivity contribution in [1.29, 1.82) is 0 Å². The second-order valence-corrected chi connectivity index (χ2v) is 5.11. The van der Waals surface area contributed by atoms with Gasteiger partial charge in [0.2, 0.25) is 0 Å². The van der Waals surface area contributed by atoms with Crippen LogP contribution in [0.4, 0.5) is 0 Å². The van der Waals surface area contributed by atoms with E-state index in [1.807, 2.05) is 0 Å². The summed E-state index contributed by atoms with van der Waals surface area (Å²) in [6.45, 7) is 0. The van der Waals surface area contributed by atoms with E-state index in [4.69, 9.17) is 5.73 Å². The van der Waals surface area contributed by atoms with Crippen LogP contribution in [-0.2, 0) is 0 Å². The van der Waals surface area contributed by atoms with Gasteiger partial charge in [0, 0.05) is 12.5 Å². The first-order chi connectivity index (χ1) is 6.60. The van der Waals surface area contributed by atoms with Crippen LogP contribution in [-0.4, -0.2) is 28.0 Å². The summed E-state index contributed by atoms with van der Waals surface area (Å²) in [7, 11) is 0. The zero-order chi connectivity index (χ0) is 10.2. The predicted octanol–water partition coefficient (Wildman–Crippen LogP) is 0.780. The Labute approximate surface area is 85.3 Å². The molecule has 0 heterocycles. The molecule has 2 atom stereocenters. The smallest absolute Gasteiger partial charge is 0.0701 e. The van der Waals surface area contributed by atoms with E-state index in [-0.39, 0.29) is 6.10 Å². The summed E-state index contributed by atoms with van der Waals surface area (Å²) in [5, 5.41) is 19.8. The van der Waals surface area contributed by atoms with E-state index >= 15 is 0 Å². The third kappa shape index (κ3) is 1.95. The molecule has 82 valence electrons. The number of rotatable bonds is 1. The number of hydrogen-bond acceptors (Lipinski definition) is 3. The predicted molar refractivity (Wildman–Crippen MR) is 54.7 cm³/mol. The van der Waals surface area contributed by atoms with Gasteiger partial charge in [-0.3, -0.25) is 0 Å². The largest absolute Gasteiger partial charge is 0.393 e. The molecule has 0 aromatic carbocycles. The lowest BCUT2D eigenvalue weighted by molar-refractivity contribution is -0.0371. The van der Waals surface area contributed by atoms with E-state index in [0.29, 0.717) is 18.4 Å². The molecule has 0 bridgehead atoms.